The van der Waals surface area contributed by atoms with Gasteiger partial charge in [0, 0.05) is 12.8 Å². The minimum absolute atomic E-state index is 0.180. The second kappa shape index (κ2) is 3.39. The van der Waals surface area contributed by atoms with Gasteiger partial charge in [-0.25, -0.2) is 8.78 Å². The van der Waals surface area contributed by atoms with Gasteiger partial charge in [-0.3, -0.25) is 0 Å². The van der Waals surface area contributed by atoms with E-state index in [2.05, 4.69) is 0 Å². The van der Waals surface area contributed by atoms with E-state index in [0.717, 1.165) is 6.92 Å². The molecule has 0 heterocycles. The van der Waals surface area contributed by atoms with Gasteiger partial charge < -0.3 is 0 Å². The number of rotatable bonds is 3. The molecule has 0 rings (SSSR count). The van der Waals surface area contributed by atoms with Gasteiger partial charge in [0.2, 0.25) is 5.92 Å². The third-order valence-corrected chi connectivity index (χ3v) is 0.904. The number of hydrogen-bond acceptors (Lipinski definition) is 1. The predicted octanol–water partition coefficient (Wildman–Crippen LogP) is 2.34. The lowest BCUT2D eigenvalue weighted by atomic mass is 10.2. The first-order valence-corrected chi connectivity index (χ1v) is 2.81. The quantitative estimate of drug-likeness (QED) is 0.542. The number of alkyl halides is 2. The predicted molar refractivity (Wildman–Crippen MR) is 30.1 cm³/mol. The second-order valence-corrected chi connectivity index (χ2v) is 2.08. The average molecular weight is 133 g/mol. The van der Waals surface area contributed by atoms with Gasteiger partial charge in [0.25, 0.3) is 0 Å². The van der Waals surface area contributed by atoms with Crippen molar-refractivity contribution >= 4 is 0 Å². The molecule has 0 N–H and O–H groups in total. The molecule has 0 aromatic carbocycles. The van der Waals surface area contributed by atoms with Crippen LogP contribution in [0.15, 0.2) is 0 Å². The van der Waals surface area contributed by atoms with Gasteiger partial charge >= 0.3 is 0 Å². The van der Waals surface area contributed by atoms with Crippen LogP contribution in [-0.2, 0) is 0 Å². The minimum atomic E-state index is -2.60. The normalized spacial score (nSPS) is 10.9. The maximum atomic E-state index is 11.9. The largest absolute Gasteiger partial charge is 0.245 e. The Morgan fingerprint density at radius 1 is 1.56 bits per heavy atom. The van der Waals surface area contributed by atoms with E-state index in [1.54, 1.807) is 6.07 Å². The van der Waals surface area contributed by atoms with E-state index < -0.39 is 5.92 Å². The summed E-state index contributed by atoms with van der Waals surface area (Å²) in [5.41, 5.74) is 0. The molecule has 1 nitrogen and oxygen atoms in total. The first kappa shape index (κ1) is 8.35. The molecule has 52 valence electrons. The van der Waals surface area contributed by atoms with Crippen LogP contribution in [0.25, 0.3) is 0 Å². The molecule has 0 aromatic rings. The molecule has 0 aliphatic carbocycles. The first-order chi connectivity index (χ1) is 4.06. The van der Waals surface area contributed by atoms with Crippen molar-refractivity contribution in [1.82, 2.24) is 0 Å². The number of nitriles is 1. The van der Waals surface area contributed by atoms with Crippen LogP contribution in [-0.4, -0.2) is 5.92 Å². The fourth-order valence-corrected chi connectivity index (χ4v) is 0.478. The maximum Gasteiger partial charge on any atom is 0.245 e. The third-order valence-electron chi connectivity index (χ3n) is 0.904. The van der Waals surface area contributed by atoms with E-state index in [4.69, 9.17) is 5.26 Å². The fraction of sp³-hybridized carbons (Fsp3) is 0.833. The molecule has 0 aliphatic rings. The van der Waals surface area contributed by atoms with Gasteiger partial charge in [-0.2, -0.15) is 5.26 Å². The minimum Gasteiger partial charge on any atom is -0.207 e. The monoisotopic (exact) mass is 133 g/mol. The zero-order valence-electron chi connectivity index (χ0n) is 5.32. The molecule has 0 unspecified atom stereocenters. The van der Waals surface area contributed by atoms with Crippen LogP contribution < -0.4 is 0 Å². The zero-order chi connectivity index (χ0) is 7.33. The SMILES string of the molecule is CC(F)(F)CCCC#N. The van der Waals surface area contributed by atoms with Crippen molar-refractivity contribution in [1.29, 1.82) is 5.26 Å². The molecule has 0 bridgehead atoms. The van der Waals surface area contributed by atoms with Crippen molar-refractivity contribution in [2.45, 2.75) is 32.1 Å². The van der Waals surface area contributed by atoms with E-state index in [9.17, 15) is 8.78 Å². The van der Waals surface area contributed by atoms with Crippen molar-refractivity contribution < 1.29 is 8.78 Å². The summed E-state index contributed by atoms with van der Waals surface area (Å²) in [5.74, 6) is -2.60. The molecule has 0 spiro atoms. The Bertz CT molecular complexity index is 109. The van der Waals surface area contributed by atoms with Crippen LogP contribution in [0.3, 0.4) is 0 Å². The molecule has 0 saturated carbocycles. The van der Waals surface area contributed by atoms with Crippen molar-refractivity contribution in [3.63, 3.8) is 0 Å². The number of unbranched alkanes of at least 4 members (excludes halogenated alkanes) is 1. The fourth-order valence-electron chi connectivity index (χ4n) is 0.478. The summed E-state index contributed by atoms with van der Waals surface area (Å²) in [5, 5.41) is 7.97. The summed E-state index contributed by atoms with van der Waals surface area (Å²) in [6, 6.07) is 1.81. The number of hydrogen-bond donors (Lipinski definition) is 0. The average Bonchev–Trinajstić information content (AvgIpc) is 1.63. The smallest absolute Gasteiger partial charge is 0.207 e. The highest BCUT2D eigenvalue weighted by atomic mass is 19.3. The van der Waals surface area contributed by atoms with Crippen molar-refractivity contribution in [3.8, 4) is 6.07 Å². The van der Waals surface area contributed by atoms with Crippen LogP contribution >= 0.6 is 0 Å². The Morgan fingerprint density at radius 3 is 2.44 bits per heavy atom. The molecule has 9 heavy (non-hydrogen) atoms. The molecule has 3 heteroatoms. The molecule has 0 aliphatic heterocycles. The van der Waals surface area contributed by atoms with Gasteiger partial charge in [-0.05, 0) is 13.3 Å². The van der Waals surface area contributed by atoms with E-state index in [1.807, 2.05) is 0 Å². The molecule has 0 atom stereocenters. The molecule has 0 amide bonds. The highest BCUT2D eigenvalue weighted by Crippen LogP contribution is 2.18. The van der Waals surface area contributed by atoms with Crippen LogP contribution in [0.2, 0.25) is 0 Å². The van der Waals surface area contributed by atoms with Gasteiger partial charge in [0.15, 0.2) is 0 Å². The molecule has 0 saturated heterocycles. The molecule has 0 radical (unpaired) electrons. The van der Waals surface area contributed by atoms with E-state index in [1.165, 1.54) is 0 Å². The van der Waals surface area contributed by atoms with Crippen LogP contribution in [0, 0.1) is 11.3 Å². The lowest BCUT2D eigenvalue weighted by molar-refractivity contribution is 0.0114. The molecular formula is C6H9F2N. The Kier molecular flexibility index (Phi) is 3.15. The summed E-state index contributed by atoms with van der Waals surface area (Å²) >= 11 is 0. The summed E-state index contributed by atoms with van der Waals surface area (Å²) < 4.78 is 23.9. The molecule has 0 fully saturated rings. The number of nitrogens with zero attached hydrogens (tertiary/aromatic N) is 1. The topological polar surface area (TPSA) is 23.8 Å². The van der Waals surface area contributed by atoms with Crippen LogP contribution in [0.1, 0.15) is 26.2 Å². The summed E-state index contributed by atoms with van der Waals surface area (Å²) in [6.45, 7) is 0.865. The highest BCUT2D eigenvalue weighted by molar-refractivity contribution is 4.70. The van der Waals surface area contributed by atoms with Gasteiger partial charge in [0.05, 0.1) is 6.07 Å². The Balaban J connectivity index is 3.20. The lowest BCUT2D eigenvalue weighted by Crippen LogP contribution is -2.08. The lowest BCUT2D eigenvalue weighted by Gasteiger charge is -2.06. The molecular weight excluding hydrogens is 124 g/mol. The van der Waals surface area contributed by atoms with Crippen molar-refractivity contribution in [3.05, 3.63) is 0 Å². The molecule has 0 aromatic heterocycles. The summed E-state index contributed by atoms with van der Waals surface area (Å²) in [6.07, 6.45) is 0.337. The van der Waals surface area contributed by atoms with Crippen LogP contribution in [0.5, 0.6) is 0 Å². The van der Waals surface area contributed by atoms with E-state index in [-0.39, 0.29) is 12.8 Å². The van der Waals surface area contributed by atoms with Gasteiger partial charge in [0.1, 0.15) is 0 Å². The summed E-state index contributed by atoms with van der Waals surface area (Å²) in [4.78, 5) is 0. The summed E-state index contributed by atoms with van der Waals surface area (Å²) in [7, 11) is 0. The van der Waals surface area contributed by atoms with Crippen LogP contribution in [0.4, 0.5) is 8.78 Å². The van der Waals surface area contributed by atoms with E-state index in [0.29, 0.717) is 6.42 Å². The number of halogens is 2. The standard InChI is InChI=1S/C6H9F2N/c1-6(7,8)4-2-3-5-9/h2-4H2,1H3. The van der Waals surface area contributed by atoms with Crippen molar-refractivity contribution in [2.24, 2.45) is 0 Å². The second-order valence-electron chi connectivity index (χ2n) is 2.08. The van der Waals surface area contributed by atoms with Crippen molar-refractivity contribution in [2.75, 3.05) is 0 Å². The van der Waals surface area contributed by atoms with Gasteiger partial charge in [-0.15, -0.1) is 0 Å². The maximum absolute atomic E-state index is 11.9. The van der Waals surface area contributed by atoms with Gasteiger partial charge in [-0.1, -0.05) is 0 Å². The first-order valence-electron chi connectivity index (χ1n) is 2.81. The van der Waals surface area contributed by atoms with E-state index >= 15 is 0 Å². The Hall–Kier alpha value is -0.650. The Labute approximate surface area is 53.3 Å². The highest BCUT2D eigenvalue weighted by Gasteiger charge is 2.19. The Morgan fingerprint density at radius 2 is 2.11 bits per heavy atom. The third kappa shape index (κ3) is 7.35. The zero-order valence-corrected chi connectivity index (χ0v) is 5.32.